The van der Waals surface area contributed by atoms with Crippen molar-refractivity contribution in [2.45, 2.75) is 46.1 Å². The van der Waals surface area contributed by atoms with Gasteiger partial charge in [-0.15, -0.1) is 24.0 Å². The van der Waals surface area contributed by atoms with Gasteiger partial charge in [-0.05, 0) is 44.0 Å². The average molecular weight is 448 g/mol. The molecule has 1 unspecified atom stereocenters. The van der Waals surface area contributed by atoms with Gasteiger partial charge in [0.1, 0.15) is 5.76 Å². The molecule has 0 amide bonds. The Balaban J connectivity index is 0.00000288. The van der Waals surface area contributed by atoms with Gasteiger partial charge in [-0.3, -0.25) is 9.89 Å². The van der Waals surface area contributed by atoms with Crippen LogP contribution in [0, 0.1) is 5.92 Å². The van der Waals surface area contributed by atoms with Crippen LogP contribution in [0.25, 0.3) is 0 Å². The predicted octanol–water partition coefficient (Wildman–Crippen LogP) is 3.12. The van der Waals surface area contributed by atoms with Gasteiger partial charge < -0.3 is 15.1 Å². The summed E-state index contributed by atoms with van der Waals surface area (Å²) in [4.78, 5) is 7.25. The van der Waals surface area contributed by atoms with Crippen LogP contribution in [0.2, 0.25) is 0 Å². The van der Waals surface area contributed by atoms with Gasteiger partial charge in [0.25, 0.3) is 0 Å². The first-order chi connectivity index (χ1) is 11.2. The number of likely N-dealkylation sites (tertiary alicyclic amines) is 1. The van der Waals surface area contributed by atoms with E-state index >= 15 is 0 Å². The molecule has 0 saturated carbocycles. The van der Waals surface area contributed by atoms with Crippen molar-refractivity contribution >= 4 is 29.9 Å². The van der Waals surface area contributed by atoms with E-state index in [9.17, 15) is 0 Å². The molecule has 1 aliphatic rings. The van der Waals surface area contributed by atoms with Crippen LogP contribution >= 0.6 is 24.0 Å². The van der Waals surface area contributed by atoms with Crippen LogP contribution in [0.3, 0.4) is 0 Å². The Labute approximate surface area is 163 Å². The quantitative estimate of drug-likeness (QED) is 0.365. The number of hydrogen-bond acceptors (Lipinski definition) is 3. The highest BCUT2D eigenvalue weighted by Crippen LogP contribution is 2.15. The Hall–Kier alpha value is -0.760. The van der Waals surface area contributed by atoms with Crippen molar-refractivity contribution < 1.29 is 4.42 Å². The normalized spacial score (nSPS) is 18.7. The molecule has 138 valence electrons. The molecule has 2 rings (SSSR count). The fourth-order valence-electron chi connectivity index (χ4n) is 2.96. The summed E-state index contributed by atoms with van der Waals surface area (Å²) >= 11 is 0. The van der Waals surface area contributed by atoms with Gasteiger partial charge in [0.2, 0.25) is 0 Å². The van der Waals surface area contributed by atoms with Gasteiger partial charge in [0.05, 0.1) is 6.26 Å². The monoisotopic (exact) mass is 448 g/mol. The molecule has 0 spiro atoms. The van der Waals surface area contributed by atoms with E-state index in [1.807, 2.05) is 12.1 Å². The van der Waals surface area contributed by atoms with Crippen molar-refractivity contribution in [2.75, 3.05) is 32.7 Å². The fourth-order valence-corrected chi connectivity index (χ4v) is 2.96. The minimum absolute atomic E-state index is 0. The summed E-state index contributed by atoms with van der Waals surface area (Å²) in [6.07, 6.45) is 5.19. The fraction of sp³-hybridized carbons (Fsp3) is 0.722. The molecule has 24 heavy (non-hydrogen) atoms. The van der Waals surface area contributed by atoms with Gasteiger partial charge in [0, 0.05) is 32.1 Å². The molecular formula is C18H33IN4O. The Morgan fingerprint density at radius 1 is 1.42 bits per heavy atom. The maximum atomic E-state index is 5.38. The number of hydrogen-bond donors (Lipinski definition) is 2. The van der Waals surface area contributed by atoms with Crippen molar-refractivity contribution in [1.29, 1.82) is 0 Å². The first-order valence-corrected chi connectivity index (χ1v) is 8.97. The summed E-state index contributed by atoms with van der Waals surface area (Å²) in [6.45, 7) is 11.6. The molecule has 1 aromatic heterocycles. The van der Waals surface area contributed by atoms with E-state index in [2.05, 4.69) is 36.3 Å². The summed E-state index contributed by atoms with van der Waals surface area (Å²) < 4.78 is 5.38. The van der Waals surface area contributed by atoms with Crippen LogP contribution in [0.15, 0.2) is 27.8 Å². The van der Waals surface area contributed by atoms with E-state index in [0.717, 1.165) is 44.3 Å². The minimum Gasteiger partial charge on any atom is -0.469 e. The van der Waals surface area contributed by atoms with Crippen LogP contribution in [0.4, 0.5) is 0 Å². The predicted molar refractivity (Wildman–Crippen MR) is 111 cm³/mol. The Kier molecular flexibility index (Phi) is 10.4. The highest BCUT2D eigenvalue weighted by molar-refractivity contribution is 14.0. The van der Waals surface area contributed by atoms with Crippen molar-refractivity contribution in [3.8, 4) is 0 Å². The summed E-state index contributed by atoms with van der Waals surface area (Å²) in [5.74, 6) is 2.50. The SMILES string of the molecule is CCN1CCCC1CNC(=NCC(C)C)NCCc1ccco1.I. The number of rotatable bonds is 8. The molecule has 1 fully saturated rings. The van der Waals surface area contributed by atoms with Crippen LogP contribution in [0.1, 0.15) is 39.4 Å². The van der Waals surface area contributed by atoms with Crippen LogP contribution in [0.5, 0.6) is 0 Å². The van der Waals surface area contributed by atoms with E-state index in [-0.39, 0.29) is 24.0 Å². The maximum Gasteiger partial charge on any atom is 0.191 e. The van der Waals surface area contributed by atoms with Gasteiger partial charge in [-0.2, -0.15) is 0 Å². The van der Waals surface area contributed by atoms with Crippen LogP contribution in [-0.2, 0) is 6.42 Å². The number of nitrogens with zero attached hydrogens (tertiary/aromatic N) is 2. The standard InChI is InChI=1S/C18H32N4O.HI/c1-4-22-11-5-7-16(22)14-21-18(20-13-15(2)3)19-10-9-17-8-6-12-23-17;/h6,8,12,15-16H,4-5,7,9-11,13-14H2,1-3H3,(H2,19,20,21);1H. The van der Waals surface area contributed by atoms with Gasteiger partial charge >= 0.3 is 0 Å². The van der Waals surface area contributed by atoms with E-state index in [1.165, 1.54) is 19.4 Å². The molecule has 1 aliphatic heterocycles. The molecular weight excluding hydrogens is 415 g/mol. The van der Waals surface area contributed by atoms with E-state index in [4.69, 9.17) is 9.41 Å². The van der Waals surface area contributed by atoms with Gasteiger partial charge in [-0.1, -0.05) is 20.8 Å². The molecule has 5 nitrogen and oxygen atoms in total. The topological polar surface area (TPSA) is 52.8 Å². The lowest BCUT2D eigenvalue weighted by molar-refractivity contribution is 0.267. The van der Waals surface area contributed by atoms with Crippen molar-refractivity contribution in [3.63, 3.8) is 0 Å². The van der Waals surface area contributed by atoms with E-state index in [0.29, 0.717) is 12.0 Å². The number of likely N-dealkylation sites (N-methyl/N-ethyl adjacent to an activating group) is 1. The third kappa shape index (κ3) is 7.42. The zero-order valence-corrected chi connectivity index (χ0v) is 17.6. The molecule has 0 aliphatic carbocycles. The van der Waals surface area contributed by atoms with Crippen molar-refractivity contribution in [3.05, 3.63) is 24.2 Å². The van der Waals surface area contributed by atoms with E-state index in [1.54, 1.807) is 6.26 Å². The first kappa shape index (κ1) is 21.3. The second kappa shape index (κ2) is 11.7. The average Bonchev–Trinajstić information content (AvgIpc) is 3.20. The summed E-state index contributed by atoms with van der Waals surface area (Å²) in [5, 5.41) is 6.96. The summed E-state index contributed by atoms with van der Waals surface area (Å²) in [5.41, 5.74) is 0. The highest BCUT2D eigenvalue weighted by Gasteiger charge is 2.22. The maximum absolute atomic E-state index is 5.38. The van der Waals surface area contributed by atoms with Gasteiger partial charge in [-0.25, -0.2) is 0 Å². The molecule has 0 radical (unpaired) electrons. The molecule has 1 saturated heterocycles. The molecule has 0 bridgehead atoms. The van der Waals surface area contributed by atoms with E-state index < -0.39 is 0 Å². The molecule has 1 aromatic rings. The van der Waals surface area contributed by atoms with Gasteiger partial charge in [0.15, 0.2) is 5.96 Å². The van der Waals surface area contributed by atoms with Crippen LogP contribution < -0.4 is 10.6 Å². The molecule has 1 atom stereocenters. The number of halogens is 1. The molecule has 2 heterocycles. The lowest BCUT2D eigenvalue weighted by atomic mass is 10.2. The second-order valence-electron chi connectivity index (χ2n) is 6.64. The smallest absolute Gasteiger partial charge is 0.191 e. The Morgan fingerprint density at radius 2 is 2.25 bits per heavy atom. The number of nitrogens with one attached hydrogen (secondary N) is 2. The Bertz CT molecular complexity index is 462. The molecule has 0 aromatic carbocycles. The highest BCUT2D eigenvalue weighted by atomic mass is 127. The largest absolute Gasteiger partial charge is 0.469 e. The second-order valence-corrected chi connectivity index (χ2v) is 6.64. The summed E-state index contributed by atoms with van der Waals surface area (Å²) in [7, 11) is 0. The zero-order valence-electron chi connectivity index (χ0n) is 15.3. The Morgan fingerprint density at radius 3 is 2.92 bits per heavy atom. The summed E-state index contributed by atoms with van der Waals surface area (Å²) in [6, 6.07) is 4.58. The third-order valence-electron chi connectivity index (χ3n) is 4.27. The minimum atomic E-state index is 0. The first-order valence-electron chi connectivity index (χ1n) is 8.97. The lowest BCUT2D eigenvalue weighted by Gasteiger charge is -2.24. The molecule has 6 heteroatoms. The van der Waals surface area contributed by atoms with Crippen molar-refractivity contribution in [1.82, 2.24) is 15.5 Å². The zero-order chi connectivity index (χ0) is 16.5. The number of guanidine groups is 1. The number of furan rings is 1. The van der Waals surface area contributed by atoms with Crippen molar-refractivity contribution in [2.24, 2.45) is 10.9 Å². The lowest BCUT2D eigenvalue weighted by Crippen LogP contribution is -2.45. The molecule has 2 N–H and O–H groups in total. The van der Waals surface area contributed by atoms with Crippen LogP contribution in [-0.4, -0.2) is 49.6 Å². The number of aliphatic imine (C=N–C) groups is 1. The third-order valence-corrected chi connectivity index (χ3v) is 4.27.